The molecule has 7 heteroatoms. The Morgan fingerprint density at radius 2 is 1.73 bits per heavy atom. The number of benzene rings is 2. The highest BCUT2D eigenvalue weighted by Gasteiger charge is 2.26. The highest BCUT2D eigenvalue weighted by atomic mass is 35.5. The zero-order valence-electron chi connectivity index (χ0n) is 17.5. The number of halogens is 2. The average Bonchev–Trinajstić information content (AvgIpc) is 2.74. The standard InChI is InChI=1S/C23H28ClFN2O2S/c1-4-16(2)26-23(29)17(3)27(15-18-5-9-20(25)10-6-18)22(28)13-14-30-21-11-7-19(24)8-12-21/h5-12,16-17H,4,13-15H2,1-3H3,(H,26,29)/t16-,17+/m0/s1. The second-order valence-corrected chi connectivity index (χ2v) is 8.80. The van der Waals surface area contributed by atoms with Crippen LogP contribution < -0.4 is 5.32 Å². The van der Waals surface area contributed by atoms with Gasteiger partial charge in [-0.2, -0.15) is 0 Å². The van der Waals surface area contributed by atoms with Crippen molar-refractivity contribution < 1.29 is 14.0 Å². The minimum atomic E-state index is -0.628. The molecule has 0 aliphatic rings. The van der Waals surface area contributed by atoms with Crippen molar-refractivity contribution in [1.29, 1.82) is 0 Å². The lowest BCUT2D eigenvalue weighted by Gasteiger charge is -2.29. The Labute approximate surface area is 187 Å². The fourth-order valence-electron chi connectivity index (χ4n) is 2.77. The lowest BCUT2D eigenvalue weighted by Crippen LogP contribution is -2.49. The lowest BCUT2D eigenvalue weighted by molar-refractivity contribution is -0.140. The topological polar surface area (TPSA) is 49.4 Å². The van der Waals surface area contributed by atoms with Crippen LogP contribution in [0.1, 0.15) is 39.2 Å². The Kier molecular flexibility index (Phi) is 9.66. The molecule has 0 heterocycles. The maximum absolute atomic E-state index is 13.2. The summed E-state index contributed by atoms with van der Waals surface area (Å²) in [5, 5.41) is 3.60. The maximum atomic E-state index is 13.2. The van der Waals surface area contributed by atoms with E-state index in [1.807, 2.05) is 38.1 Å². The van der Waals surface area contributed by atoms with Gasteiger partial charge < -0.3 is 10.2 Å². The summed E-state index contributed by atoms with van der Waals surface area (Å²) in [5.74, 6) is -0.0589. The maximum Gasteiger partial charge on any atom is 0.242 e. The number of carbonyl (C=O) groups excluding carboxylic acids is 2. The van der Waals surface area contributed by atoms with Gasteiger partial charge in [-0.1, -0.05) is 30.7 Å². The van der Waals surface area contributed by atoms with E-state index in [0.29, 0.717) is 10.8 Å². The SMILES string of the molecule is CC[C@H](C)NC(=O)[C@@H](C)N(Cc1ccc(F)cc1)C(=O)CCSc1ccc(Cl)cc1. The molecule has 2 aromatic carbocycles. The van der Waals surface area contributed by atoms with Crippen molar-refractivity contribution in [2.45, 2.75) is 57.1 Å². The van der Waals surface area contributed by atoms with E-state index < -0.39 is 6.04 Å². The molecule has 0 aromatic heterocycles. The van der Waals surface area contributed by atoms with Crippen LogP contribution in [-0.4, -0.2) is 34.6 Å². The van der Waals surface area contributed by atoms with Gasteiger partial charge in [-0.15, -0.1) is 11.8 Å². The van der Waals surface area contributed by atoms with Gasteiger partial charge in [0.05, 0.1) is 0 Å². The fourth-order valence-corrected chi connectivity index (χ4v) is 3.73. The summed E-state index contributed by atoms with van der Waals surface area (Å²) < 4.78 is 13.2. The minimum Gasteiger partial charge on any atom is -0.352 e. The first-order chi connectivity index (χ1) is 14.3. The molecule has 2 rings (SSSR count). The van der Waals surface area contributed by atoms with Gasteiger partial charge in [0.15, 0.2) is 0 Å². The van der Waals surface area contributed by atoms with Crippen molar-refractivity contribution in [3.05, 3.63) is 64.9 Å². The van der Waals surface area contributed by atoms with Crippen molar-refractivity contribution in [3.8, 4) is 0 Å². The van der Waals surface area contributed by atoms with Crippen LogP contribution in [0.5, 0.6) is 0 Å². The minimum absolute atomic E-state index is 0.0307. The first kappa shape index (κ1) is 24.2. The quantitative estimate of drug-likeness (QED) is 0.500. The van der Waals surface area contributed by atoms with E-state index in [9.17, 15) is 14.0 Å². The third kappa shape index (κ3) is 7.65. The highest BCUT2D eigenvalue weighted by Crippen LogP contribution is 2.22. The van der Waals surface area contributed by atoms with Crippen LogP contribution >= 0.6 is 23.4 Å². The van der Waals surface area contributed by atoms with Crippen LogP contribution in [0, 0.1) is 5.82 Å². The van der Waals surface area contributed by atoms with Gasteiger partial charge in [-0.25, -0.2) is 4.39 Å². The van der Waals surface area contributed by atoms with Crippen LogP contribution in [-0.2, 0) is 16.1 Å². The van der Waals surface area contributed by atoms with Crippen LogP contribution in [0.4, 0.5) is 4.39 Å². The van der Waals surface area contributed by atoms with Crippen molar-refractivity contribution in [3.63, 3.8) is 0 Å². The van der Waals surface area contributed by atoms with E-state index in [2.05, 4.69) is 5.32 Å². The van der Waals surface area contributed by atoms with Gasteiger partial charge in [0.25, 0.3) is 0 Å². The molecule has 30 heavy (non-hydrogen) atoms. The number of nitrogens with zero attached hydrogens (tertiary/aromatic N) is 1. The Bertz CT molecular complexity index is 830. The smallest absolute Gasteiger partial charge is 0.242 e. The number of nitrogens with one attached hydrogen (secondary N) is 1. The molecule has 2 aromatic rings. The van der Waals surface area contributed by atoms with Gasteiger partial charge in [-0.3, -0.25) is 9.59 Å². The fraction of sp³-hybridized carbons (Fsp3) is 0.391. The van der Waals surface area contributed by atoms with Crippen LogP contribution in [0.2, 0.25) is 5.02 Å². The van der Waals surface area contributed by atoms with Crippen LogP contribution in [0.25, 0.3) is 0 Å². The molecule has 2 amide bonds. The second-order valence-electron chi connectivity index (χ2n) is 7.19. The molecule has 0 aliphatic heterocycles. The van der Waals surface area contributed by atoms with Crippen molar-refractivity contribution in [2.75, 3.05) is 5.75 Å². The largest absolute Gasteiger partial charge is 0.352 e. The van der Waals surface area contributed by atoms with Gasteiger partial charge in [0.1, 0.15) is 11.9 Å². The molecule has 0 unspecified atom stereocenters. The predicted molar refractivity (Wildman–Crippen MR) is 121 cm³/mol. The molecule has 0 aliphatic carbocycles. The molecule has 0 radical (unpaired) electrons. The molecule has 0 fully saturated rings. The van der Waals surface area contributed by atoms with Gasteiger partial charge in [-0.05, 0) is 62.2 Å². The zero-order chi connectivity index (χ0) is 22.1. The highest BCUT2D eigenvalue weighted by molar-refractivity contribution is 7.99. The van der Waals surface area contributed by atoms with E-state index in [1.165, 1.54) is 12.1 Å². The van der Waals surface area contributed by atoms with Crippen molar-refractivity contribution in [1.82, 2.24) is 10.2 Å². The Hall–Kier alpha value is -2.05. The lowest BCUT2D eigenvalue weighted by atomic mass is 10.1. The molecule has 162 valence electrons. The third-order valence-electron chi connectivity index (χ3n) is 4.83. The first-order valence-corrected chi connectivity index (χ1v) is 11.4. The number of carbonyl (C=O) groups is 2. The molecule has 2 atom stereocenters. The summed E-state index contributed by atoms with van der Waals surface area (Å²) in [6.45, 7) is 5.90. The van der Waals surface area contributed by atoms with E-state index in [0.717, 1.165) is 16.9 Å². The Morgan fingerprint density at radius 1 is 1.10 bits per heavy atom. The molecule has 0 bridgehead atoms. The summed E-state index contributed by atoms with van der Waals surface area (Å²) in [6.07, 6.45) is 1.09. The number of hydrogen-bond donors (Lipinski definition) is 1. The Morgan fingerprint density at radius 3 is 2.33 bits per heavy atom. The molecule has 4 nitrogen and oxygen atoms in total. The number of hydrogen-bond acceptors (Lipinski definition) is 3. The van der Waals surface area contributed by atoms with E-state index in [-0.39, 0.29) is 36.6 Å². The van der Waals surface area contributed by atoms with Gasteiger partial charge >= 0.3 is 0 Å². The molecular formula is C23H28ClFN2O2S. The van der Waals surface area contributed by atoms with E-state index >= 15 is 0 Å². The summed E-state index contributed by atoms with van der Waals surface area (Å²) in [4.78, 5) is 28.2. The monoisotopic (exact) mass is 450 g/mol. The van der Waals surface area contributed by atoms with Crippen molar-refractivity contribution >= 4 is 35.2 Å². The van der Waals surface area contributed by atoms with E-state index in [4.69, 9.17) is 11.6 Å². The summed E-state index contributed by atoms with van der Waals surface area (Å²) in [7, 11) is 0. The van der Waals surface area contributed by atoms with Crippen LogP contribution in [0.15, 0.2) is 53.4 Å². The molecule has 1 N–H and O–H groups in total. The molecule has 0 spiro atoms. The van der Waals surface area contributed by atoms with Crippen LogP contribution in [0.3, 0.4) is 0 Å². The van der Waals surface area contributed by atoms with E-state index in [1.54, 1.807) is 35.7 Å². The van der Waals surface area contributed by atoms with Gasteiger partial charge in [0.2, 0.25) is 11.8 Å². The van der Waals surface area contributed by atoms with Gasteiger partial charge in [0, 0.05) is 34.7 Å². The summed E-state index contributed by atoms with van der Waals surface area (Å²) >= 11 is 7.47. The number of rotatable bonds is 10. The molecular weight excluding hydrogens is 423 g/mol. The summed E-state index contributed by atoms with van der Waals surface area (Å²) in [6, 6.07) is 12.8. The van der Waals surface area contributed by atoms with Crippen molar-refractivity contribution in [2.24, 2.45) is 0 Å². The molecule has 0 saturated heterocycles. The normalized spacial score (nSPS) is 12.8. The predicted octanol–water partition coefficient (Wildman–Crippen LogP) is 5.29. The third-order valence-corrected chi connectivity index (χ3v) is 6.10. The zero-order valence-corrected chi connectivity index (χ0v) is 19.1. The average molecular weight is 451 g/mol. The Balaban J connectivity index is 2.06. The second kappa shape index (κ2) is 12.0. The molecule has 0 saturated carbocycles. The first-order valence-electron chi connectivity index (χ1n) is 10.0. The number of thioether (sulfide) groups is 1. The summed E-state index contributed by atoms with van der Waals surface area (Å²) in [5.41, 5.74) is 0.776. The number of amides is 2.